The van der Waals surface area contributed by atoms with Crippen LogP contribution >= 0.6 is 0 Å². The van der Waals surface area contributed by atoms with Crippen molar-refractivity contribution in [2.45, 2.75) is 38.1 Å². The number of carboxylic acid groups (broad SMARTS) is 1. The van der Waals surface area contributed by atoms with Crippen molar-refractivity contribution in [3.05, 3.63) is 71.8 Å². The van der Waals surface area contributed by atoms with E-state index in [1.54, 1.807) is 0 Å². The van der Waals surface area contributed by atoms with E-state index in [9.17, 15) is 14.4 Å². The van der Waals surface area contributed by atoms with E-state index in [1.165, 1.54) is 12.2 Å². The zero-order chi connectivity index (χ0) is 22.9. The first kappa shape index (κ1) is 23.1. The molecule has 3 N–H and O–H groups in total. The van der Waals surface area contributed by atoms with Gasteiger partial charge in [-0.25, -0.2) is 9.59 Å². The van der Waals surface area contributed by atoms with Crippen molar-refractivity contribution in [3.8, 4) is 11.1 Å². The number of fused-ring (bicyclic) bond motifs is 3. The van der Waals surface area contributed by atoms with Crippen LogP contribution in [0.1, 0.15) is 43.2 Å². The van der Waals surface area contributed by atoms with E-state index in [2.05, 4.69) is 22.8 Å². The molecule has 0 radical (unpaired) electrons. The molecule has 32 heavy (non-hydrogen) atoms. The number of alkyl carbamates (subject to hydrolysis) is 1. The molecule has 0 bridgehead atoms. The molecule has 0 heterocycles. The van der Waals surface area contributed by atoms with Gasteiger partial charge in [0, 0.05) is 18.5 Å². The Hall–Kier alpha value is -3.61. The number of aliphatic carboxylic acids is 1. The van der Waals surface area contributed by atoms with E-state index in [1.807, 2.05) is 43.3 Å². The summed E-state index contributed by atoms with van der Waals surface area (Å²) in [6, 6.07) is 15.3. The van der Waals surface area contributed by atoms with Crippen molar-refractivity contribution < 1.29 is 24.2 Å². The van der Waals surface area contributed by atoms with E-state index in [0.717, 1.165) is 28.7 Å². The van der Waals surface area contributed by atoms with E-state index in [4.69, 9.17) is 9.84 Å². The van der Waals surface area contributed by atoms with E-state index in [0.29, 0.717) is 12.8 Å². The van der Waals surface area contributed by atoms with E-state index in [-0.39, 0.29) is 19.1 Å². The van der Waals surface area contributed by atoms with Crippen LogP contribution in [0.25, 0.3) is 11.1 Å². The fourth-order valence-corrected chi connectivity index (χ4v) is 3.84. The van der Waals surface area contributed by atoms with Crippen molar-refractivity contribution in [2.75, 3.05) is 13.2 Å². The largest absolute Gasteiger partial charge is 0.480 e. The summed E-state index contributed by atoms with van der Waals surface area (Å²) < 4.78 is 5.42. The molecule has 1 aliphatic carbocycles. The van der Waals surface area contributed by atoms with Crippen LogP contribution in [0, 0.1) is 0 Å². The van der Waals surface area contributed by atoms with Crippen LogP contribution in [0.3, 0.4) is 0 Å². The predicted octanol–water partition coefficient (Wildman–Crippen LogP) is 3.84. The van der Waals surface area contributed by atoms with Crippen LogP contribution in [0.4, 0.5) is 4.79 Å². The number of carbonyl (C=O) groups excluding carboxylic acids is 2. The van der Waals surface area contributed by atoms with Crippen LogP contribution in [0.15, 0.2) is 60.7 Å². The number of carboxylic acids is 1. The Morgan fingerprint density at radius 1 is 1.06 bits per heavy atom. The lowest BCUT2D eigenvalue weighted by Crippen LogP contribution is -2.40. The molecule has 0 fully saturated rings. The summed E-state index contributed by atoms with van der Waals surface area (Å²) in [7, 11) is 0. The second-order valence-electron chi connectivity index (χ2n) is 7.65. The summed E-state index contributed by atoms with van der Waals surface area (Å²) in [5, 5.41) is 14.2. The van der Waals surface area contributed by atoms with Gasteiger partial charge in [-0.3, -0.25) is 4.79 Å². The maximum Gasteiger partial charge on any atom is 0.407 e. The topological polar surface area (TPSA) is 105 Å². The minimum absolute atomic E-state index is 0.0226. The van der Waals surface area contributed by atoms with Gasteiger partial charge in [-0.2, -0.15) is 0 Å². The molecule has 1 aliphatic rings. The molecule has 1 atom stereocenters. The number of unbranched alkanes of at least 4 members (excludes halogenated alkanes) is 1. The molecule has 0 aliphatic heterocycles. The Labute approximate surface area is 187 Å². The van der Waals surface area contributed by atoms with Gasteiger partial charge in [-0.05, 0) is 28.7 Å². The molecule has 0 spiro atoms. The van der Waals surface area contributed by atoms with Crippen LogP contribution in [-0.2, 0) is 14.3 Å². The number of amides is 2. The summed E-state index contributed by atoms with van der Waals surface area (Å²) in [4.78, 5) is 35.2. The standard InChI is InChI=1S/C25H28N2O5/c1-2-3-13-22(24(29)30)27-23(28)14-8-15-26-25(31)32-16-21-19-11-6-4-9-17(19)18-10-5-7-12-20(18)21/h4-12,14,21-22H,2-3,13,15-16H2,1H3,(H,26,31)(H,27,28)(H,29,30)/b14-8+/t22-/m0/s1. The first-order valence-electron chi connectivity index (χ1n) is 10.8. The van der Waals surface area contributed by atoms with Crippen molar-refractivity contribution in [2.24, 2.45) is 0 Å². The highest BCUT2D eigenvalue weighted by Gasteiger charge is 2.28. The highest BCUT2D eigenvalue weighted by atomic mass is 16.5. The second kappa shape index (κ2) is 11.1. The van der Waals surface area contributed by atoms with Gasteiger partial charge < -0.3 is 20.5 Å². The Morgan fingerprint density at radius 2 is 1.69 bits per heavy atom. The van der Waals surface area contributed by atoms with Crippen molar-refractivity contribution in [1.29, 1.82) is 0 Å². The van der Waals surface area contributed by atoms with Gasteiger partial charge in [0.1, 0.15) is 12.6 Å². The summed E-state index contributed by atoms with van der Waals surface area (Å²) in [5.41, 5.74) is 4.58. The number of ether oxygens (including phenoxy) is 1. The molecule has 168 valence electrons. The number of hydrogen-bond donors (Lipinski definition) is 3. The molecule has 2 amide bonds. The summed E-state index contributed by atoms with van der Waals surface area (Å²) in [6.07, 6.45) is 4.03. The maximum atomic E-state index is 12.1. The number of hydrogen-bond acceptors (Lipinski definition) is 4. The molecule has 0 saturated carbocycles. The highest BCUT2D eigenvalue weighted by Crippen LogP contribution is 2.44. The number of nitrogens with one attached hydrogen (secondary N) is 2. The van der Waals surface area contributed by atoms with Gasteiger partial charge in [0.05, 0.1) is 0 Å². The van der Waals surface area contributed by atoms with Gasteiger partial charge in [-0.1, -0.05) is 74.4 Å². The van der Waals surface area contributed by atoms with Gasteiger partial charge in [-0.15, -0.1) is 0 Å². The Balaban J connectivity index is 1.46. The lowest BCUT2D eigenvalue weighted by Gasteiger charge is -2.14. The van der Waals surface area contributed by atoms with Crippen LogP contribution in [-0.4, -0.2) is 42.3 Å². The summed E-state index contributed by atoms with van der Waals surface area (Å²) in [5.74, 6) is -1.59. The molecule has 0 saturated heterocycles. The van der Waals surface area contributed by atoms with Gasteiger partial charge >= 0.3 is 12.1 Å². The molecular formula is C25H28N2O5. The fraction of sp³-hybridized carbons (Fsp3) is 0.320. The minimum Gasteiger partial charge on any atom is -0.480 e. The van der Waals surface area contributed by atoms with Crippen molar-refractivity contribution in [1.82, 2.24) is 10.6 Å². The molecule has 7 nitrogen and oxygen atoms in total. The second-order valence-corrected chi connectivity index (χ2v) is 7.65. The number of rotatable bonds is 10. The molecule has 7 heteroatoms. The van der Waals surface area contributed by atoms with Crippen LogP contribution in [0.5, 0.6) is 0 Å². The monoisotopic (exact) mass is 436 g/mol. The lowest BCUT2D eigenvalue weighted by molar-refractivity contribution is -0.141. The zero-order valence-electron chi connectivity index (χ0n) is 18.0. The maximum absolute atomic E-state index is 12.1. The van der Waals surface area contributed by atoms with Gasteiger partial charge in [0.15, 0.2) is 0 Å². The van der Waals surface area contributed by atoms with E-state index < -0.39 is 24.0 Å². The molecule has 2 aromatic rings. The molecule has 0 unspecified atom stereocenters. The third kappa shape index (κ3) is 5.75. The van der Waals surface area contributed by atoms with E-state index >= 15 is 0 Å². The first-order valence-corrected chi connectivity index (χ1v) is 10.8. The van der Waals surface area contributed by atoms with Gasteiger partial charge in [0.2, 0.25) is 5.91 Å². The Kier molecular flexibility index (Phi) is 8.02. The van der Waals surface area contributed by atoms with Crippen molar-refractivity contribution in [3.63, 3.8) is 0 Å². The summed E-state index contributed by atoms with van der Waals surface area (Å²) in [6.45, 7) is 2.26. The average molecular weight is 437 g/mol. The van der Waals surface area contributed by atoms with Gasteiger partial charge in [0.25, 0.3) is 0 Å². The normalized spacial score (nSPS) is 13.3. The highest BCUT2D eigenvalue weighted by molar-refractivity contribution is 5.91. The summed E-state index contributed by atoms with van der Waals surface area (Å²) >= 11 is 0. The molecule has 0 aromatic heterocycles. The lowest BCUT2D eigenvalue weighted by atomic mass is 9.98. The average Bonchev–Trinajstić information content (AvgIpc) is 3.11. The molecular weight excluding hydrogens is 408 g/mol. The Bertz CT molecular complexity index is 956. The fourth-order valence-electron chi connectivity index (χ4n) is 3.84. The zero-order valence-corrected chi connectivity index (χ0v) is 18.0. The number of carbonyl (C=O) groups is 3. The smallest absolute Gasteiger partial charge is 0.407 e. The first-order chi connectivity index (χ1) is 15.5. The quantitative estimate of drug-likeness (QED) is 0.491. The minimum atomic E-state index is -1.06. The number of benzene rings is 2. The molecule has 2 aromatic carbocycles. The molecule has 3 rings (SSSR count). The van der Waals surface area contributed by atoms with Crippen LogP contribution in [0.2, 0.25) is 0 Å². The third-order valence-electron chi connectivity index (χ3n) is 5.44. The third-order valence-corrected chi connectivity index (χ3v) is 5.44. The van der Waals surface area contributed by atoms with Crippen LogP contribution < -0.4 is 10.6 Å². The predicted molar refractivity (Wildman–Crippen MR) is 121 cm³/mol. The Morgan fingerprint density at radius 3 is 2.28 bits per heavy atom. The van der Waals surface area contributed by atoms with Crippen molar-refractivity contribution >= 4 is 18.0 Å². The SMILES string of the molecule is CCCC[C@H](NC(=O)/C=C/CNC(=O)OCC1c2ccccc2-c2ccccc21)C(=O)O.